The third-order valence-corrected chi connectivity index (χ3v) is 2.54. The molecule has 102 valence electrons. The summed E-state index contributed by atoms with van der Waals surface area (Å²) in [6, 6.07) is 1.74. The molecule has 18 heavy (non-hydrogen) atoms. The molecular formula is C14H24N2O2. The predicted octanol–water partition coefficient (Wildman–Crippen LogP) is 2.91. The van der Waals surface area contributed by atoms with Gasteiger partial charge < -0.3 is 10.1 Å². The number of hydrogen-bond donors (Lipinski definition) is 1. The van der Waals surface area contributed by atoms with E-state index in [2.05, 4.69) is 18.8 Å². The second-order valence-corrected chi connectivity index (χ2v) is 4.27. The number of rotatable bonds is 10. The zero-order chi connectivity index (χ0) is 13.8. The molecule has 0 aromatic carbocycles. The zero-order valence-corrected chi connectivity index (χ0v) is 11.5. The molecule has 1 N–H and O–H groups in total. The summed E-state index contributed by atoms with van der Waals surface area (Å²) in [5, 5.41) is 11.3. The lowest BCUT2D eigenvalue weighted by atomic mass is 10.1. The van der Waals surface area contributed by atoms with Crippen molar-refractivity contribution in [2.24, 2.45) is 0 Å². The number of ether oxygens (including phenoxy) is 1. The number of nitrogens with zero attached hydrogens (tertiary/aromatic N) is 1. The maximum atomic E-state index is 11.5. The number of unbranched alkanes of at least 4 members (excludes halogenated alkanes) is 3. The van der Waals surface area contributed by atoms with Gasteiger partial charge in [0.05, 0.1) is 0 Å². The van der Waals surface area contributed by atoms with Gasteiger partial charge in [-0.2, -0.15) is 5.26 Å². The summed E-state index contributed by atoms with van der Waals surface area (Å²) in [5.74, 6) is -0.436. The standard InChI is InChI=1S/C14H24N2O2/c1-4-6-7-8-9-13(18-10-5-2)16-14(17)12(3)11-15/h13H,3-10H2,1-2H3,(H,16,17). The molecule has 1 unspecified atom stereocenters. The Bertz CT molecular complexity index is 295. The van der Waals surface area contributed by atoms with Crippen LogP contribution >= 0.6 is 0 Å². The van der Waals surface area contributed by atoms with E-state index in [0.717, 1.165) is 25.7 Å². The highest BCUT2D eigenvalue weighted by atomic mass is 16.5. The summed E-state index contributed by atoms with van der Waals surface area (Å²) in [6.45, 7) is 8.17. The molecule has 0 aliphatic rings. The van der Waals surface area contributed by atoms with Crippen LogP contribution in [-0.2, 0) is 9.53 Å². The first-order valence-corrected chi connectivity index (χ1v) is 6.67. The van der Waals surface area contributed by atoms with Crippen molar-refractivity contribution in [1.29, 1.82) is 5.26 Å². The highest BCUT2D eigenvalue weighted by Gasteiger charge is 2.14. The van der Waals surface area contributed by atoms with Crippen molar-refractivity contribution in [3.8, 4) is 6.07 Å². The molecule has 0 spiro atoms. The molecule has 0 saturated heterocycles. The first-order chi connectivity index (χ1) is 8.65. The normalized spacial score (nSPS) is 11.6. The SMILES string of the molecule is C=C(C#N)C(=O)NC(CCCCCC)OCCC. The number of carbonyl (C=O) groups is 1. The van der Waals surface area contributed by atoms with Crippen molar-refractivity contribution in [2.75, 3.05) is 6.61 Å². The van der Waals surface area contributed by atoms with E-state index in [9.17, 15) is 4.79 Å². The van der Waals surface area contributed by atoms with Crippen molar-refractivity contribution >= 4 is 5.91 Å². The van der Waals surface area contributed by atoms with Gasteiger partial charge in [0.25, 0.3) is 5.91 Å². The van der Waals surface area contributed by atoms with Gasteiger partial charge in [-0.15, -0.1) is 0 Å². The van der Waals surface area contributed by atoms with E-state index in [0.29, 0.717) is 6.61 Å². The molecule has 0 aliphatic carbocycles. The fourth-order valence-corrected chi connectivity index (χ4v) is 1.50. The fraction of sp³-hybridized carbons (Fsp3) is 0.714. The molecule has 0 aliphatic heterocycles. The second-order valence-electron chi connectivity index (χ2n) is 4.27. The molecule has 1 amide bonds. The molecular weight excluding hydrogens is 228 g/mol. The van der Waals surface area contributed by atoms with Gasteiger partial charge in [-0.25, -0.2) is 0 Å². The van der Waals surface area contributed by atoms with Crippen molar-refractivity contribution in [3.05, 3.63) is 12.2 Å². The van der Waals surface area contributed by atoms with E-state index < -0.39 is 5.91 Å². The minimum Gasteiger partial charge on any atom is -0.359 e. The van der Waals surface area contributed by atoms with Crippen LogP contribution in [0.4, 0.5) is 0 Å². The van der Waals surface area contributed by atoms with Gasteiger partial charge in [0.1, 0.15) is 17.9 Å². The van der Waals surface area contributed by atoms with Crippen molar-refractivity contribution in [1.82, 2.24) is 5.32 Å². The number of nitrogens with one attached hydrogen (secondary N) is 1. The lowest BCUT2D eigenvalue weighted by molar-refractivity contribution is -0.121. The summed E-state index contributed by atoms with van der Waals surface area (Å²) < 4.78 is 5.55. The molecule has 0 heterocycles. The van der Waals surface area contributed by atoms with Gasteiger partial charge in [-0.3, -0.25) is 4.79 Å². The van der Waals surface area contributed by atoms with E-state index in [4.69, 9.17) is 10.00 Å². The van der Waals surface area contributed by atoms with Crippen molar-refractivity contribution in [2.45, 2.75) is 58.6 Å². The van der Waals surface area contributed by atoms with Gasteiger partial charge in [0.2, 0.25) is 0 Å². The van der Waals surface area contributed by atoms with Gasteiger partial charge in [0, 0.05) is 6.61 Å². The zero-order valence-electron chi connectivity index (χ0n) is 11.5. The summed E-state index contributed by atoms with van der Waals surface area (Å²) in [6.07, 6.45) is 5.90. The van der Waals surface area contributed by atoms with Crippen LogP contribution in [0.15, 0.2) is 12.2 Å². The van der Waals surface area contributed by atoms with Crippen LogP contribution in [0.5, 0.6) is 0 Å². The Hall–Kier alpha value is -1.34. The maximum Gasteiger partial charge on any atom is 0.263 e. The first-order valence-electron chi connectivity index (χ1n) is 6.67. The van der Waals surface area contributed by atoms with Crippen LogP contribution in [0.1, 0.15) is 52.4 Å². The minimum absolute atomic E-state index is 0.0753. The molecule has 0 aromatic heterocycles. The molecule has 0 fully saturated rings. The van der Waals surface area contributed by atoms with Crippen LogP contribution < -0.4 is 5.32 Å². The Balaban J connectivity index is 4.09. The van der Waals surface area contributed by atoms with Crippen LogP contribution in [0, 0.1) is 11.3 Å². The quantitative estimate of drug-likeness (QED) is 0.281. The predicted molar refractivity (Wildman–Crippen MR) is 71.7 cm³/mol. The smallest absolute Gasteiger partial charge is 0.263 e. The van der Waals surface area contributed by atoms with Gasteiger partial charge in [-0.1, -0.05) is 39.7 Å². The number of hydrogen-bond acceptors (Lipinski definition) is 3. The molecule has 0 bridgehead atoms. The Labute approximate surface area is 110 Å². The lowest BCUT2D eigenvalue weighted by Gasteiger charge is -2.18. The van der Waals surface area contributed by atoms with Crippen LogP contribution in [0.2, 0.25) is 0 Å². The Kier molecular flexibility index (Phi) is 9.99. The molecule has 4 nitrogen and oxygen atoms in total. The van der Waals surface area contributed by atoms with E-state index in [1.165, 1.54) is 12.8 Å². The van der Waals surface area contributed by atoms with E-state index >= 15 is 0 Å². The average molecular weight is 252 g/mol. The summed E-state index contributed by atoms with van der Waals surface area (Å²) in [5.41, 5.74) is -0.0753. The molecule has 0 aromatic rings. The van der Waals surface area contributed by atoms with Gasteiger partial charge in [0.15, 0.2) is 0 Å². The lowest BCUT2D eigenvalue weighted by Crippen LogP contribution is -2.37. The Morgan fingerprint density at radius 2 is 2.06 bits per heavy atom. The first kappa shape index (κ1) is 16.7. The number of nitriles is 1. The van der Waals surface area contributed by atoms with Crippen LogP contribution in [0.3, 0.4) is 0 Å². The fourth-order valence-electron chi connectivity index (χ4n) is 1.50. The molecule has 1 atom stereocenters. The molecule has 0 saturated carbocycles. The summed E-state index contributed by atoms with van der Waals surface area (Å²) in [4.78, 5) is 11.5. The van der Waals surface area contributed by atoms with Crippen molar-refractivity contribution in [3.63, 3.8) is 0 Å². The summed E-state index contributed by atoms with van der Waals surface area (Å²) in [7, 11) is 0. The third kappa shape index (κ3) is 7.86. The summed E-state index contributed by atoms with van der Waals surface area (Å²) >= 11 is 0. The van der Waals surface area contributed by atoms with E-state index in [1.54, 1.807) is 6.07 Å². The Morgan fingerprint density at radius 1 is 1.33 bits per heavy atom. The average Bonchev–Trinajstić information content (AvgIpc) is 2.39. The monoisotopic (exact) mass is 252 g/mol. The van der Waals surface area contributed by atoms with Gasteiger partial charge >= 0.3 is 0 Å². The Morgan fingerprint density at radius 3 is 2.61 bits per heavy atom. The number of carbonyl (C=O) groups excluding carboxylic acids is 1. The molecule has 0 radical (unpaired) electrons. The number of amides is 1. The largest absolute Gasteiger partial charge is 0.359 e. The van der Waals surface area contributed by atoms with Crippen LogP contribution in [0.25, 0.3) is 0 Å². The molecule has 4 heteroatoms. The highest BCUT2D eigenvalue weighted by Crippen LogP contribution is 2.07. The van der Waals surface area contributed by atoms with Crippen molar-refractivity contribution < 1.29 is 9.53 Å². The van der Waals surface area contributed by atoms with E-state index in [-0.39, 0.29) is 11.8 Å². The topological polar surface area (TPSA) is 62.1 Å². The van der Waals surface area contributed by atoms with Gasteiger partial charge in [-0.05, 0) is 19.3 Å². The van der Waals surface area contributed by atoms with Crippen LogP contribution in [-0.4, -0.2) is 18.7 Å². The minimum atomic E-state index is -0.436. The maximum absolute atomic E-state index is 11.5. The third-order valence-electron chi connectivity index (χ3n) is 2.54. The molecule has 0 rings (SSSR count). The second kappa shape index (κ2) is 10.8. The van der Waals surface area contributed by atoms with E-state index in [1.807, 2.05) is 6.92 Å². The highest BCUT2D eigenvalue weighted by molar-refractivity contribution is 5.96.